The number of rotatable bonds is 14. The zero-order valence-corrected chi connectivity index (χ0v) is 31.0. The Balaban J connectivity index is 1.47. The lowest BCUT2D eigenvalue weighted by Gasteiger charge is -2.19. The lowest BCUT2D eigenvalue weighted by molar-refractivity contribution is -0.384. The lowest BCUT2D eigenvalue weighted by atomic mass is 10.0. The second-order valence-corrected chi connectivity index (χ2v) is 14.5. The minimum atomic E-state index is -4.66. The van der Waals surface area contributed by atoms with Crippen LogP contribution in [0.1, 0.15) is 40.5 Å². The van der Waals surface area contributed by atoms with Crippen molar-refractivity contribution in [3.63, 3.8) is 0 Å². The van der Waals surface area contributed by atoms with Gasteiger partial charge in [0.25, 0.3) is 27.5 Å². The van der Waals surface area contributed by atoms with Gasteiger partial charge in [-0.3, -0.25) is 29.1 Å². The average molecular weight is 782 g/mol. The number of ether oxygens (including phenoxy) is 2. The highest BCUT2D eigenvalue weighted by molar-refractivity contribution is 7.90. The molecule has 276 valence electrons. The summed E-state index contributed by atoms with van der Waals surface area (Å²) in [6.45, 7) is 4.14. The Bertz CT molecular complexity index is 2310. The van der Waals surface area contributed by atoms with Crippen LogP contribution in [0.15, 0.2) is 89.8 Å². The number of sulfonamides is 1. The van der Waals surface area contributed by atoms with Crippen molar-refractivity contribution in [1.29, 1.82) is 0 Å². The smallest absolute Gasteiger partial charge is 0.289 e. The van der Waals surface area contributed by atoms with Crippen LogP contribution in [0.4, 0.5) is 5.69 Å². The van der Waals surface area contributed by atoms with Gasteiger partial charge in [-0.25, -0.2) is 13.1 Å². The lowest BCUT2D eigenvalue weighted by Crippen LogP contribution is -2.50. The highest BCUT2D eigenvalue weighted by Gasteiger charge is 2.29. The van der Waals surface area contributed by atoms with Crippen molar-refractivity contribution in [2.45, 2.75) is 44.0 Å². The molecule has 0 spiro atoms. The van der Waals surface area contributed by atoms with Crippen molar-refractivity contribution in [1.82, 2.24) is 14.6 Å². The van der Waals surface area contributed by atoms with Gasteiger partial charge < -0.3 is 14.8 Å². The second kappa shape index (κ2) is 16.5. The van der Waals surface area contributed by atoms with E-state index >= 15 is 0 Å². The Labute approximate surface area is 315 Å². The number of nitro groups is 1. The van der Waals surface area contributed by atoms with Gasteiger partial charge in [-0.15, -0.1) is 0 Å². The molecule has 0 saturated carbocycles. The van der Waals surface area contributed by atoms with Crippen molar-refractivity contribution in [2.75, 3.05) is 13.7 Å². The van der Waals surface area contributed by atoms with Crippen molar-refractivity contribution in [3.05, 3.63) is 127 Å². The molecule has 16 heteroatoms. The average Bonchev–Trinajstić information content (AvgIpc) is 3.40. The number of benzene rings is 4. The van der Waals surface area contributed by atoms with E-state index in [9.17, 15) is 32.9 Å². The van der Waals surface area contributed by atoms with Crippen LogP contribution in [-0.4, -0.2) is 55.4 Å². The summed E-state index contributed by atoms with van der Waals surface area (Å²) in [5.41, 5.74) is 1.69. The summed E-state index contributed by atoms with van der Waals surface area (Å²) in [5, 5.41) is 14.8. The monoisotopic (exact) mass is 780 g/mol. The minimum absolute atomic E-state index is 0.133. The molecule has 0 aliphatic carbocycles. The molecule has 53 heavy (non-hydrogen) atoms. The van der Waals surface area contributed by atoms with Gasteiger partial charge in [-0.1, -0.05) is 42.3 Å². The first-order valence-electron chi connectivity index (χ1n) is 16.2. The fraction of sp³-hybridized carbons (Fsp3) is 0.216. The van der Waals surface area contributed by atoms with Gasteiger partial charge in [0.05, 0.1) is 35.5 Å². The third-order valence-corrected chi connectivity index (χ3v) is 10.2. The first kappa shape index (κ1) is 38.8. The van der Waals surface area contributed by atoms with Gasteiger partial charge in [0, 0.05) is 34.2 Å². The number of fused-ring (bicyclic) bond motifs is 1. The van der Waals surface area contributed by atoms with Gasteiger partial charge >= 0.3 is 0 Å². The van der Waals surface area contributed by atoms with Crippen molar-refractivity contribution >= 4 is 67.5 Å². The van der Waals surface area contributed by atoms with E-state index in [0.29, 0.717) is 56.4 Å². The van der Waals surface area contributed by atoms with Gasteiger partial charge in [-0.05, 0) is 91.2 Å². The summed E-state index contributed by atoms with van der Waals surface area (Å²) in [5.74, 6) is -1.05. The molecule has 0 unspecified atom stereocenters. The molecule has 0 saturated heterocycles. The molecule has 0 fully saturated rings. The second-order valence-electron chi connectivity index (χ2n) is 11.9. The van der Waals surface area contributed by atoms with Crippen LogP contribution in [0.25, 0.3) is 10.9 Å². The molecule has 1 aromatic heterocycles. The van der Waals surface area contributed by atoms with Gasteiger partial charge in [0.1, 0.15) is 22.6 Å². The number of nitro benzene ring substituents is 1. The highest BCUT2D eigenvalue weighted by atomic mass is 35.5. The van der Waals surface area contributed by atoms with E-state index in [-0.39, 0.29) is 23.8 Å². The molecule has 0 radical (unpaired) electrons. The maximum Gasteiger partial charge on any atom is 0.289 e. The zero-order chi connectivity index (χ0) is 38.4. The molecule has 13 nitrogen and oxygen atoms in total. The van der Waals surface area contributed by atoms with Gasteiger partial charge in [0.15, 0.2) is 0 Å². The highest BCUT2D eigenvalue weighted by Crippen LogP contribution is 2.31. The fourth-order valence-corrected chi connectivity index (χ4v) is 7.00. The topological polar surface area (TPSA) is 176 Å². The number of nitrogens with zero attached hydrogens (tertiary/aromatic N) is 2. The number of carbonyl (C=O) groups excluding carboxylic acids is 3. The largest absolute Gasteiger partial charge is 0.497 e. The third-order valence-electron chi connectivity index (χ3n) is 8.32. The van der Waals surface area contributed by atoms with Crippen LogP contribution in [0.5, 0.6) is 11.5 Å². The quantitative estimate of drug-likeness (QED) is 0.0951. The van der Waals surface area contributed by atoms with E-state index in [4.69, 9.17) is 32.7 Å². The van der Waals surface area contributed by atoms with Crippen LogP contribution in [-0.2, 0) is 32.5 Å². The number of aromatic nitrogens is 1. The first-order valence-corrected chi connectivity index (χ1v) is 18.5. The number of hydrogen-bond donors (Lipinski definition) is 2. The van der Waals surface area contributed by atoms with Crippen LogP contribution < -0.4 is 19.5 Å². The maximum absolute atomic E-state index is 13.8. The van der Waals surface area contributed by atoms with E-state index in [1.807, 2.05) is 11.6 Å². The molecular formula is C37H34Cl2N4O9S. The third kappa shape index (κ3) is 8.96. The maximum atomic E-state index is 13.8. The molecular weight excluding hydrogens is 747 g/mol. The summed E-state index contributed by atoms with van der Waals surface area (Å²) in [4.78, 5) is 51.2. The van der Waals surface area contributed by atoms with E-state index in [1.54, 1.807) is 73.7 Å². The number of amides is 2. The predicted octanol–water partition coefficient (Wildman–Crippen LogP) is 6.43. The normalized spacial score (nSPS) is 11.9. The van der Waals surface area contributed by atoms with Crippen LogP contribution >= 0.6 is 23.2 Å². The first-order chi connectivity index (χ1) is 25.2. The van der Waals surface area contributed by atoms with Crippen molar-refractivity contribution < 1.29 is 37.2 Å². The summed E-state index contributed by atoms with van der Waals surface area (Å²) in [7, 11) is -3.17. The molecule has 2 N–H and O–H groups in total. The number of carbonyl (C=O) groups is 3. The Morgan fingerprint density at radius 3 is 2.26 bits per heavy atom. The van der Waals surface area contributed by atoms with Crippen LogP contribution in [0.3, 0.4) is 0 Å². The molecule has 0 aliphatic heterocycles. The molecule has 5 rings (SSSR count). The van der Waals surface area contributed by atoms with Crippen LogP contribution in [0, 0.1) is 17.0 Å². The summed E-state index contributed by atoms with van der Waals surface area (Å²) in [6, 6.07) is 19.6. The Morgan fingerprint density at radius 1 is 0.943 bits per heavy atom. The van der Waals surface area contributed by atoms with Crippen molar-refractivity contribution in [3.8, 4) is 11.5 Å². The zero-order valence-electron chi connectivity index (χ0n) is 28.7. The van der Waals surface area contributed by atoms with E-state index in [1.165, 1.54) is 11.7 Å². The molecule has 1 atom stereocenters. The molecule has 4 aromatic carbocycles. The fourth-order valence-electron chi connectivity index (χ4n) is 5.65. The molecule has 5 aromatic rings. The van der Waals surface area contributed by atoms with Gasteiger partial charge in [0.2, 0.25) is 5.91 Å². The summed E-state index contributed by atoms with van der Waals surface area (Å²) < 4.78 is 41.0. The summed E-state index contributed by atoms with van der Waals surface area (Å²) in [6.07, 6.45) is 0.354. The van der Waals surface area contributed by atoms with Crippen molar-refractivity contribution in [2.24, 2.45) is 0 Å². The Hall–Kier alpha value is -5.44. The molecule has 0 bridgehead atoms. The SMILES string of the molecule is CCCOc1ccc(C[C@H](NC(=O)Cc2c(C)n(C(=O)c3ccc(Cl)cc3)c3ccc(OC)cc23)C(=O)NS(=O)(=O)c2ccc(Cl)c([N+](=O)[O-])c2)cc1. The molecule has 1 heterocycles. The van der Waals surface area contributed by atoms with Crippen LogP contribution in [0.2, 0.25) is 10.0 Å². The van der Waals surface area contributed by atoms with E-state index in [0.717, 1.165) is 24.6 Å². The predicted molar refractivity (Wildman–Crippen MR) is 199 cm³/mol. The number of methoxy groups -OCH3 is 1. The van der Waals surface area contributed by atoms with E-state index in [2.05, 4.69) is 5.32 Å². The minimum Gasteiger partial charge on any atom is -0.497 e. The summed E-state index contributed by atoms with van der Waals surface area (Å²) >= 11 is 11.9. The number of halogens is 2. The van der Waals surface area contributed by atoms with Gasteiger partial charge in [-0.2, -0.15) is 0 Å². The Kier molecular flexibility index (Phi) is 12.1. The molecule has 2 amide bonds. The standard InChI is InChI=1S/C37H34Cl2N4O9S/c1-4-17-52-26-11-5-23(6-12-26)18-32(36(45)41-53(49,50)28-14-15-31(39)34(20-28)43(47)48)40-35(44)21-29-22(2)42(33-16-13-27(51-3)19-30(29)33)37(46)24-7-9-25(38)10-8-24/h5-16,19-20,32H,4,17-18,21H2,1-3H3,(H,40,44)(H,41,45)/t32-/m0/s1. The number of nitrogens with one attached hydrogen (secondary N) is 2. The number of hydrogen-bond acceptors (Lipinski definition) is 9. The molecule has 0 aliphatic rings. The Morgan fingerprint density at radius 2 is 1.62 bits per heavy atom. The van der Waals surface area contributed by atoms with E-state index < -0.39 is 43.4 Å².